The van der Waals surface area contributed by atoms with E-state index < -0.39 is 23.8 Å². The first kappa shape index (κ1) is 23.4. The van der Waals surface area contributed by atoms with Gasteiger partial charge in [0.15, 0.2) is 5.78 Å². The van der Waals surface area contributed by atoms with Gasteiger partial charge in [0, 0.05) is 18.8 Å². The van der Waals surface area contributed by atoms with Crippen molar-refractivity contribution in [2.75, 3.05) is 0 Å². The summed E-state index contributed by atoms with van der Waals surface area (Å²) in [6, 6.07) is 0. The van der Waals surface area contributed by atoms with Gasteiger partial charge in [-0.2, -0.15) is 0 Å². The van der Waals surface area contributed by atoms with E-state index in [4.69, 9.17) is 4.74 Å². The summed E-state index contributed by atoms with van der Waals surface area (Å²) in [5, 5.41) is 22.0. The summed E-state index contributed by atoms with van der Waals surface area (Å²) in [7, 11) is 0. The van der Waals surface area contributed by atoms with E-state index in [1.165, 1.54) is 18.1 Å². The number of fused-ring (bicyclic) bond motifs is 6. The van der Waals surface area contributed by atoms with Crippen LogP contribution in [0.5, 0.6) is 0 Å². The van der Waals surface area contributed by atoms with E-state index in [1.807, 2.05) is 19.1 Å². The highest BCUT2D eigenvalue weighted by atomic mass is 16.6. The molecule has 0 spiro atoms. The average Bonchev–Trinajstić information content (AvgIpc) is 2.87. The first-order chi connectivity index (χ1) is 15.1. The number of rotatable bonds is 4. The molecule has 8 atom stereocenters. The standard InChI is InChI=1S/C27H38O5/c1-5-6-25(32-16(2)28)27(4,31)24-10-9-22-21-15-23(30)18-13-17(7-8-19(29)14-18)20(21)11-12-26(22,24)3/h5-7,15,18-20,22,24-25,29,31H,8-14H2,1-4H3/b6-5+/t18-,19-,20?,22?,24?,25-,26-,27+/m0/s1. The fourth-order valence-electron chi connectivity index (χ4n) is 7.41. The second kappa shape index (κ2) is 8.57. The molecule has 2 fully saturated rings. The van der Waals surface area contributed by atoms with Gasteiger partial charge in [-0.3, -0.25) is 9.59 Å². The Kier molecular flexibility index (Phi) is 6.28. The van der Waals surface area contributed by atoms with E-state index >= 15 is 0 Å². The predicted molar refractivity (Wildman–Crippen MR) is 123 cm³/mol. The monoisotopic (exact) mass is 442 g/mol. The summed E-state index contributed by atoms with van der Waals surface area (Å²) < 4.78 is 5.54. The average molecular weight is 443 g/mol. The van der Waals surface area contributed by atoms with Crippen LogP contribution in [0.2, 0.25) is 0 Å². The number of ether oxygens (including phenoxy) is 1. The first-order valence-electron chi connectivity index (χ1n) is 12.2. The zero-order valence-corrected chi connectivity index (χ0v) is 19.8. The van der Waals surface area contributed by atoms with E-state index in [1.54, 1.807) is 13.0 Å². The van der Waals surface area contributed by atoms with Crippen molar-refractivity contribution < 1.29 is 24.5 Å². The molecular formula is C27H38O5. The third-order valence-electron chi connectivity index (χ3n) is 8.90. The SMILES string of the molecule is C/C=C/[C@H](OC(C)=O)[C@](C)(O)C1CCC2C3=CC(=O)[C@H]4CC(=CC[C@H](O)C4)C3CC[C@@]21C. The Morgan fingerprint density at radius 1 is 1.34 bits per heavy atom. The van der Waals surface area contributed by atoms with E-state index in [0.717, 1.165) is 32.1 Å². The largest absolute Gasteiger partial charge is 0.455 e. The van der Waals surface area contributed by atoms with E-state index in [2.05, 4.69) is 13.0 Å². The van der Waals surface area contributed by atoms with Crippen molar-refractivity contribution in [1.29, 1.82) is 0 Å². The molecule has 0 aromatic heterocycles. The van der Waals surface area contributed by atoms with Crippen LogP contribution in [0.15, 0.2) is 35.5 Å². The van der Waals surface area contributed by atoms with Crippen molar-refractivity contribution >= 4 is 11.8 Å². The van der Waals surface area contributed by atoms with Crippen LogP contribution in [-0.2, 0) is 14.3 Å². The predicted octanol–water partition coefficient (Wildman–Crippen LogP) is 4.28. The smallest absolute Gasteiger partial charge is 0.303 e. The number of aliphatic hydroxyl groups excluding tert-OH is 1. The molecule has 2 N–H and O–H groups in total. The zero-order valence-electron chi connectivity index (χ0n) is 19.8. The van der Waals surface area contributed by atoms with Crippen LogP contribution in [0, 0.1) is 29.1 Å². The second-order valence-corrected chi connectivity index (χ2v) is 10.9. The van der Waals surface area contributed by atoms with Crippen LogP contribution in [0.25, 0.3) is 0 Å². The number of esters is 1. The molecule has 5 heteroatoms. The lowest BCUT2D eigenvalue weighted by Gasteiger charge is -2.50. The lowest BCUT2D eigenvalue weighted by molar-refractivity contribution is -0.168. The zero-order chi connectivity index (χ0) is 23.3. The summed E-state index contributed by atoms with van der Waals surface area (Å²) in [6.45, 7) is 7.31. The number of hydrogen-bond acceptors (Lipinski definition) is 5. The van der Waals surface area contributed by atoms with Crippen molar-refractivity contribution in [3.8, 4) is 0 Å². The van der Waals surface area contributed by atoms with Crippen molar-refractivity contribution in [3.63, 3.8) is 0 Å². The molecule has 0 amide bonds. The van der Waals surface area contributed by atoms with Crippen LogP contribution < -0.4 is 0 Å². The Morgan fingerprint density at radius 2 is 2.09 bits per heavy atom. The Balaban J connectivity index is 1.68. The minimum Gasteiger partial charge on any atom is -0.455 e. The number of allylic oxidation sites excluding steroid dienone is 4. The van der Waals surface area contributed by atoms with Crippen molar-refractivity contribution in [1.82, 2.24) is 0 Å². The number of carbonyl (C=O) groups is 2. The van der Waals surface area contributed by atoms with E-state index in [0.29, 0.717) is 12.8 Å². The van der Waals surface area contributed by atoms with Gasteiger partial charge in [-0.25, -0.2) is 0 Å². The van der Waals surface area contributed by atoms with Crippen molar-refractivity contribution in [3.05, 3.63) is 35.5 Å². The summed E-state index contributed by atoms with van der Waals surface area (Å²) in [5.41, 5.74) is 1.20. The Labute approximate surface area is 191 Å². The van der Waals surface area contributed by atoms with Gasteiger partial charge >= 0.3 is 5.97 Å². The Bertz CT molecular complexity index is 865. The molecule has 2 saturated carbocycles. The molecule has 5 nitrogen and oxygen atoms in total. The lowest BCUT2D eigenvalue weighted by Crippen LogP contribution is -2.53. The third-order valence-corrected chi connectivity index (χ3v) is 8.90. The Hall–Kier alpha value is -1.72. The quantitative estimate of drug-likeness (QED) is 0.501. The Morgan fingerprint density at radius 3 is 2.78 bits per heavy atom. The minimum absolute atomic E-state index is 0.0429. The molecule has 0 heterocycles. The molecule has 0 aromatic rings. The molecule has 0 radical (unpaired) electrons. The summed E-state index contributed by atoms with van der Waals surface area (Å²) in [6.07, 6.45) is 12.2. The topological polar surface area (TPSA) is 83.8 Å². The van der Waals surface area contributed by atoms with Crippen molar-refractivity contribution in [2.45, 2.75) is 90.4 Å². The van der Waals surface area contributed by atoms with Gasteiger partial charge in [0.25, 0.3) is 0 Å². The molecule has 3 unspecified atom stereocenters. The highest BCUT2D eigenvalue weighted by Crippen LogP contribution is 2.63. The van der Waals surface area contributed by atoms with Gasteiger partial charge in [0.2, 0.25) is 0 Å². The van der Waals surface area contributed by atoms with Gasteiger partial charge in [-0.1, -0.05) is 30.2 Å². The summed E-state index contributed by atoms with van der Waals surface area (Å²) >= 11 is 0. The number of hydrogen-bond donors (Lipinski definition) is 2. The van der Waals surface area contributed by atoms with E-state index in [-0.39, 0.29) is 34.9 Å². The van der Waals surface area contributed by atoms with E-state index in [9.17, 15) is 19.8 Å². The molecule has 0 aliphatic heterocycles. The lowest BCUT2D eigenvalue weighted by atomic mass is 9.56. The van der Waals surface area contributed by atoms with Gasteiger partial charge in [0.05, 0.1) is 6.10 Å². The maximum Gasteiger partial charge on any atom is 0.303 e. The molecule has 0 aromatic carbocycles. The molecule has 0 saturated heterocycles. The molecule has 4 rings (SSSR count). The normalized spacial score (nSPS) is 39.7. The first-order valence-corrected chi connectivity index (χ1v) is 12.2. The number of carbonyl (C=O) groups excluding carboxylic acids is 2. The summed E-state index contributed by atoms with van der Waals surface area (Å²) in [5.74, 6) is 0.101. The van der Waals surface area contributed by atoms with Gasteiger partial charge in [-0.15, -0.1) is 0 Å². The van der Waals surface area contributed by atoms with Crippen LogP contribution in [-0.4, -0.2) is 39.8 Å². The number of ketones is 1. The molecule has 4 aliphatic rings. The molecule has 2 bridgehead atoms. The van der Waals surface area contributed by atoms with Gasteiger partial charge < -0.3 is 14.9 Å². The maximum absolute atomic E-state index is 13.1. The summed E-state index contributed by atoms with van der Waals surface area (Å²) in [4.78, 5) is 24.9. The molecular weight excluding hydrogens is 404 g/mol. The molecule has 176 valence electrons. The molecule has 32 heavy (non-hydrogen) atoms. The number of aliphatic hydroxyl groups is 2. The minimum atomic E-state index is -1.19. The van der Waals surface area contributed by atoms with Crippen LogP contribution in [0.3, 0.4) is 0 Å². The van der Waals surface area contributed by atoms with Crippen LogP contribution >= 0.6 is 0 Å². The fraction of sp³-hybridized carbons (Fsp3) is 0.704. The maximum atomic E-state index is 13.1. The van der Waals surface area contributed by atoms with Gasteiger partial charge in [-0.05, 0) is 88.2 Å². The highest BCUT2D eigenvalue weighted by molar-refractivity contribution is 5.93. The highest BCUT2D eigenvalue weighted by Gasteiger charge is 2.59. The van der Waals surface area contributed by atoms with Gasteiger partial charge in [0.1, 0.15) is 11.7 Å². The second-order valence-electron chi connectivity index (χ2n) is 10.9. The molecule has 4 aliphatic carbocycles. The third kappa shape index (κ3) is 3.92. The fourth-order valence-corrected chi connectivity index (χ4v) is 7.41. The van der Waals surface area contributed by atoms with Crippen LogP contribution in [0.1, 0.15) is 72.6 Å². The van der Waals surface area contributed by atoms with Crippen LogP contribution in [0.4, 0.5) is 0 Å². The van der Waals surface area contributed by atoms with Crippen molar-refractivity contribution in [2.24, 2.45) is 29.1 Å².